The first-order valence-corrected chi connectivity index (χ1v) is 8.25. The van der Waals surface area contributed by atoms with E-state index in [-0.39, 0.29) is 18.9 Å². The lowest BCUT2D eigenvalue weighted by molar-refractivity contribution is -0.129. The zero-order chi connectivity index (χ0) is 15.1. The van der Waals surface area contributed by atoms with Crippen molar-refractivity contribution >= 4 is 25.6 Å². The molecule has 2 unspecified atom stereocenters. The Bertz CT molecular complexity index is 650. The fraction of sp³-hybridized carbons (Fsp3) is 0.417. The molecule has 0 bridgehead atoms. The predicted octanol–water partition coefficient (Wildman–Crippen LogP) is 2.20. The molecule has 0 aromatic heterocycles. The summed E-state index contributed by atoms with van der Waals surface area (Å²) < 4.78 is 48.6. The average Bonchev–Trinajstić information content (AvgIpc) is 2.74. The van der Waals surface area contributed by atoms with Crippen LogP contribution in [0, 0.1) is 11.6 Å². The summed E-state index contributed by atoms with van der Waals surface area (Å²) in [6.45, 7) is 1.57. The van der Waals surface area contributed by atoms with Gasteiger partial charge in [0, 0.05) is 23.6 Å². The third kappa shape index (κ3) is 2.93. The molecule has 110 valence electrons. The van der Waals surface area contributed by atoms with Crippen LogP contribution >= 0.6 is 10.7 Å². The molecule has 0 radical (unpaired) electrons. The summed E-state index contributed by atoms with van der Waals surface area (Å²) >= 11 is 0. The van der Waals surface area contributed by atoms with Crippen LogP contribution in [0.1, 0.15) is 24.9 Å². The first-order valence-electron chi connectivity index (χ1n) is 5.88. The molecule has 20 heavy (non-hydrogen) atoms. The second kappa shape index (κ2) is 5.29. The number of halogens is 3. The van der Waals surface area contributed by atoms with Gasteiger partial charge >= 0.3 is 0 Å². The maximum atomic E-state index is 13.2. The van der Waals surface area contributed by atoms with Crippen LogP contribution in [-0.4, -0.2) is 31.0 Å². The summed E-state index contributed by atoms with van der Waals surface area (Å²) in [5, 5.41) is -0.968. The lowest BCUT2D eigenvalue weighted by atomic mass is 10.1. The van der Waals surface area contributed by atoms with Crippen LogP contribution in [0.4, 0.5) is 8.78 Å². The first-order chi connectivity index (χ1) is 9.20. The van der Waals surface area contributed by atoms with Gasteiger partial charge in [-0.1, -0.05) is 6.07 Å². The largest absolute Gasteiger partial charge is 0.335 e. The SMILES string of the molecule is CC(c1ccc(F)c(F)c1)N1CC(S(=O)(=O)Cl)CC1=O. The molecule has 8 heteroatoms. The summed E-state index contributed by atoms with van der Waals surface area (Å²) in [7, 11) is 1.43. The Morgan fingerprint density at radius 3 is 2.50 bits per heavy atom. The maximum absolute atomic E-state index is 13.2. The molecule has 1 heterocycles. The number of carbonyl (C=O) groups is 1. The van der Waals surface area contributed by atoms with Crippen molar-refractivity contribution in [2.75, 3.05) is 6.54 Å². The Morgan fingerprint density at radius 1 is 1.35 bits per heavy atom. The molecule has 1 amide bonds. The minimum absolute atomic E-state index is 0.0508. The summed E-state index contributed by atoms with van der Waals surface area (Å²) in [6, 6.07) is 2.77. The Labute approximate surface area is 119 Å². The summed E-state index contributed by atoms with van der Waals surface area (Å²) in [6.07, 6.45) is -0.195. The minimum Gasteiger partial charge on any atom is -0.335 e. The molecule has 0 N–H and O–H groups in total. The zero-order valence-corrected chi connectivity index (χ0v) is 12.1. The van der Waals surface area contributed by atoms with E-state index in [9.17, 15) is 22.0 Å². The average molecular weight is 324 g/mol. The quantitative estimate of drug-likeness (QED) is 0.801. The highest BCUT2D eigenvalue weighted by Gasteiger charge is 2.39. The molecular formula is C12H12ClF2NO3S. The first kappa shape index (κ1) is 15.2. The molecule has 1 aliphatic heterocycles. The van der Waals surface area contributed by atoms with Gasteiger partial charge in [0.05, 0.1) is 6.04 Å². The van der Waals surface area contributed by atoms with Gasteiger partial charge in [0.1, 0.15) is 5.25 Å². The van der Waals surface area contributed by atoms with E-state index in [1.54, 1.807) is 6.92 Å². The molecule has 1 aliphatic rings. The number of rotatable bonds is 3. The standard InChI is InChI=1S/C12H12ClF2NO3S/c1-7(8-2-3-10(14)11(15)4-8)16-6-9(5-12(16)17)20(13,18)19/h2-4,7,9H,5-6H2,1H3. The third-order valence-electron chi connectivity index (χ3n) is 3.41. The van der Waals surface area contributed by atoms with Crippen molar-refractivity contribution in [3.05, 3.63) is 35.4 Å². The van der Waals surface area contributed by atoms with Crippen molar-refractivity contribution in [2.45, 2.75) is 24.6 Å². The summed E-state index contributed by atoms with van der Waals surface area (Å²) in [5.41, 5.74) is 0.393. The van der Waals surface area contributed by atoms with Gasteiger partial charge in [-0.25, -0.2) is 17.2 Å². The van der Waals surface area contributed by atoms with Crippen molar-refractivity contribution in [1.29, 1.82) is 0 Å². The molecule has 4 nitrogen and oxygen atoms in total. The molecule has 1 aromatic rings. The Balaban J connectivity index is 2.23. The number of amides is 1. The third-order valence-corrected chi connectivity index (χ3v) is 5.28. The smallest absolute Gasteiger partial charge is 0.237 e. The Hall–Kier alpha value is -1.21. The van der Waals surface area contributed by atoms with Gasteiger partial charge in [0.2, 0.25) is 15.0 Å². The highest BCUT2D eigenvalue weighted by Crippen LogP contribution is 2.30. The molecule has 2 rings (SSSR count). The number of hydrogen-bond acceptors (Lipinski definition) is 3. The van der Waals surface area contributed by atoms with E-state index < -0.39 is 32.0 Å². The lowest BCUT2D eigenvalue weighted by Gasteiger charge is -2.25. The minimum atomic E-state index is -3.82. The van der Waals surface area contributed by atoms with Crippen molar-refractivity contribution in [1.82, 2.24) is 4.90 Å². The molecule has 1 aromatic carbocycles. The summed E-state index contributed by atoms with van der Waals surface area (Å²) in [5.74, 6) is -2.37. The predicted molar refractivity (Wildman–Crippen MR) is 69.7 cm³/mol. The van der Waals surface area contributed by atoms with E-state index in [4.69, 9.17) is 10.7 Å². The van der Waals surface area contributed by atoms with E-state index in [0.717, 1.165) is 12.1 Å². The monoisotopic (exact) mass is 323 g/mol. The number of carbonyl (C=O) groups excluding carboxylic acids is 1. The van der Waals surface area contributed by atoms with Gasteiger partial charge in [-0.2, -0.15) is 0 Å². The van der Waals surface area contributed by atoms with E-state index in [0.29, 0.717) is 5.56 Å². The normalized spacial score (nSPS) is 21.3. The molecule has 1 fully saturated rings. The van der Waals surface area contributed by atoms with Gasteiger partial charge in [-0.15, -0.1) is 0 Å². The van der Waals surface area contributed by atoms with Crippen LogP contribution in [-0.2, 0) is 13.8 Å². The van der Waals surface area contributed by atoms with Crippen LogP contribution in [0.2, 0.25) is 0 Å². The molecule has 0 spiro atoms. The molecule has 0 aliphatic carbocycles. The number of hydrogen-bond donors (Lipinski definition) is 0. The Kier molecular flexibility index (Phi) is 4.02. The highest BCUT2D eigenvalue weighted by molar-refractivity contribution is 8.14. The van der Waals surface area contributed by atoms with Crippen LogP contribution in [0.15, 0.2) is 18.2 Å². The number of likely N-dealkylation sites (tertiary alicyclic amines) is 1. The molecular weight excluding hydrogens is 312 g/mol. The van der Waals surface area contributed by atoms with Gasteiger partial charge in [-0.3, -0.25) is 4.79 Å². The van der Waals surface area contributed by atoms with Crippen LogP contribution < -0.4 is 0 Å². The van der Waals surface area contributed by atoms with Crippen molar-refractivity contribution in [2.24, 2.45) is 0 Å². The van der Waals surface area contributed by atoms with E-state index >= 15 is 0 Å². The van der Waals surface area contributed by atoms with Crippen molar-refractivity contribution in [3.63, 3.8) is 0 Å². The van der Waals surface area contributed by atoms with Crippen LogP contribution in [0.25, 0.3) is 0 Å². The van der Waals surface area contributed by atoms with Gasteiger partial charge < -0.3 is 4.90 Å². The van der Waals surface area contributed by atoms with Crippen molar-refractivity contribution < 1.29 is 22.0 Å². The number of nitrogens with zero attached hydrogens (tertiary/aromatic N) is 1. The fourth-order valence-electron chi connectivity index (χ4n) is 2.21. The summed E-state index contributed by atoms with van der Waals surface area (Å²) in [4.78, 5) is 13.1. The fourth-order valence-corrected chi connectivity index (χ4v) is 3.25. The topological polar surface area (TPSA) is 54.5 Å². The van der Waals surface area contributed by atoms with E-state index in [1.165, 1.54) is 11.0 Å². The maximum Gasteiger partial charge on any atom is 0.237 e. The number of benzene rings is 1. The molecule has 2 atom stereocenters. The van der Waals surface area contributed by atoms with Crippen molar-refractivity contribution in [3.8, 4) is 0 Å². The Morgan fingerprint density at radius 2 is 2.00 bits per heavy atom. The highest BCUT2D eigenvalue weighted by atomic mass is 35.7. The van der Waals surface area contributed by atoms with Gasteiger partial charge in [-0.05, 0) is 24.6 Å². The van der Waals surface area contributed by atoms with E-state index in [2.05, 4.69) is 0 Å². The zero-order valence-electron chi connectivity index (χ0n) is 10.5. The van der Waals surface area contributed by atoms with Crippen LogP contribution in [0.5, 0.6) is 0 Å². The van der Waals surface area contributed by atoms with E-state index in [1.807, 2.05) is 0 Å². The van der Waals surface area contributed by atoms with Gasteiger partial charge in [0.15, 0.2) is 11.6 Å². The lowest BCUT2D eigenvalue weighted by Crippen LogP contribution is -2.30. The second-order valence-electron chi connectivity index (χ2n) is 4.70. The molecule has 1 saturated heterocycles. The second-order valence-corrected chi connectivity index (χ2v) is 7.61. The van der Waals surface area contributed by atoms with Crippen LogP contribution in [0.3, 0.4) is 0 Å². The molecule has 0 saturated carbocycles. The van der Waals surface area contributed by atoms with Gasteiger partial charge in [0.25, 0.3) is 0 Å².